The molecule has 0 radical (unpaired) electrons. The van der Waals surface area contributed by atoms with Crippen molar-refractivity contribution in [1.82, 2.24) is 4.57 Å². The Labute approximate surface area is 99.3 Å². The maximum Gasteiger partial charge on any atom is 0.202 e. The number of thioether (sulfide) groups is 1. The van der Waals surface area contributed by atoms with E-state index in [2.05, 4.69) is 11.5 Å². The van der Waals surface area contributed by atoms with E-state index in [9.17, 15) is 4.79 Å². The molecule has 0 bridgehead atoms. The van der Waals surface area contributed by atoms with Crippen molar-refractivity contribution >= 4 is 22.7 Å². The van der Waals surface area contributed by atoms with Crippen molar-refractivity contribution in [1.29, 1.82) is 0 Å². The van der Waals surface area contributed by atoms with Gasteiger partial charge in [0.2, 0.25) is 5.43 Å². The summed E-state index contributed by atoms with van der Waals surface area (Å²) in [6.07, 6.45) is 4.99. The Balaban J connectivity index is 2.79. The predicted octanol–water partition coefficient (Wildman–Crippen LogP) is 3.13. The van der Waals surface area contributed by atoms with Gasteiger partial charge in [0, 0.05) is 18.1 Å². The maximum absolute atomic E-state index is 12.1. The molecule has 2 nitrogen and oxygen atoms in total. The normalized spacial score (nSPS) is 10.9. The summed E-state index contributed by atoms with van der Waals surface area (Å²) in [6, 6.07) is 7.82. The SMILES string of the molecule is CCCn1cc(SC)c(=O)c2ccccc21. The maximum atomic E-state index is 12.1. The van der Waals surface area contributed by atoms with Crippen LogP contribution in [0, 0.1) is 0 Å². The van der Waals surface area contributed by atoms with Gasteiger partial charge in [-0.05, 0) is 24.8 Å². The number of benzene rings is 1. The van der Waals surface area contributed by atoms with Gasteiger partial charge >= 0.3 is 0 Å². The Morgan fingerprint density at radius 3 is 2.75 bits per heavy atom. The second-order valence-corrected chi connectivity index (χ2v) is 4.59. The van der Waals surface area contributed by atoms with E-state index in [1.165, 1.54) is 11.8 Å². The fourth-order valence-electron chi connectivity index (χ4n) is 1.89. The fourth-order valence-corrected chi connectivity index (χ4v) is 2.42. The van der Waals surface area contributed by atoms with Crippen LogP contribution in [0.1, 0.15) is 13.3 Å². The third-order valence-electron chi connectivity index (χ3n) is 2.64. The number of pyridine rings is 1. The van der Waals surface area contributed by atoms with Crippen molar-refractivity contribution in [3.63, 3.8) is 0 Å². The van der Waals surface area contributed by atoms with E-state index < -0.39 is 0 Å². The molecule has 0 aliphatic rings. The molecule has 0 aliphatic carbocycles. The van der Waals surface area contributed by atoms with E-state index in [4.69, 9.17) is 0 Å². The van der Waals surface area contributed by atoms with Gasteiger partial charge in [-0.3, -0.25) is 4.79 Å². The molecule has 16 heavy (non-hydrogen) atoms. The van der Waals surface area contributed by atoms with Gasteiger partial charge in [-0.25, -0.2) is 0 Å². The van der Waals surface area contributed by atoms with Crippen LogP contribution >= 0.6 is 11.8 Å². The molecule has 0 N–H and O–H groups in total. The predicted molar refractivity (Wildman–Crippen MR) is 70.3 cm³/mol. The molecule has 0 spiro atoms. The third-order valence-corrected chi connectivity index (χ3v) is 3.37. The summed E-state index contributed by atoms with van der Waals surface area (Å²) in [7, 11) is 0. The van der Waals surface area contributed by atoms with Crippen LogP contribution in [-0.4, -0.2) is 10.8 Å². The number of aryl methyl sites for hydroxylation is 1. The Bertz CT molecular complexity index is 559. The molecule has 1 aromatic heterocycles. The first-order chi connectivity index (χ1) is 7.77. The van der Waals surface area contributed by atoms with E-state index in [1.807, 2.05) is 36.7 Å². The largest absolute Gasteiger partial charge is 0.346 e. The minimum atomic E-state index is 0.149. The van der Waals surface area contributed by atoms with Gasteiger partial charge in [0.25, 0.3) is 0 Å². The molecule has 84 valence electrons. The van der Waals surface area contributed by atoms with Crippen LogP contribution in [0.25, 0.3) is 10.9 Å². The van der Waals surface area contributed by atoms with Crippen LogP contribution in [0.4, 0.5) is 0 Å². The second-order valence-electron chi connectivity index (χ2n) is 3.74. The van der Waals surface area contributed by atoms with E-state index in [1.54, 1.807) is 0 Å². The van der Waals surface area contributed by atoms with E-state index in [0.717, 1.165) is 28.8 Å². The number of nitrogens with zero attached hydrogens (tertiary/aromatic N) is 1. The van der Waals surface area contributed by atoms with Crippen LogP contribution in [-0.2, 0) is 6.54 Å². The highest BCUT2D eigenvalue weighted by Gasteiger charge is 2.06. The van der Waals surface area contributed by atoms with E-state index >= 15 is 0 Å². The first-order valence-corrected chi connectivity index (χ1v) is 6.66. The number of aromatic nitrogens is 1. The summed E-state index contributed by atoms with van der Waals surface area (Å²) in [4.78, 5) is 12.9. The molecule has 1 aromatic carbocycles. The van der Waals surface area contributed by atoms with Crippen molar-refractivity contribution in [3.05, 3.63) is 40.7 Å². The molecular weight excluding hydrogens is 218 g/mol. The van der Waals surface area contributed by atoms with Crippen LogP contribution in [0.15, 0.2) is 40.2 Å². The van der Waals surface area contributed by atoms with E-state index in [0.29, 0.717) is 0 Å². The smallest absolute Gasteiger partial charge is 0.202 e. The van der Waals surface area contributed by atoms with Gasteiger partial charge in [0.1, 0.15) is 0 Å². The number of hydrogen-bond donors (Lipinski definition) is 0. The summed E-state index contributed by atoms with van der Waals surface area (Å²) in [5.74, 6) is 0. The van der Waals surface area contributed by atoms with E-state index in [-0.39, 0.29) is 5.43 Å². The zero-order valence-corrected chi connectivity index (χ0v) is 10.4. The van der Waals surface area contributed by atoms with Crippen molar-refractivity contribution in [2.75, 3.05) is 6.26 Å². The van der Waals surface area contributed by atoms with Crippen molar-refractivity contribution in [2.24, 2.45) is 0 Å². The molecule has 3 heteroatoms. The number of hydrogen-bond acceptors (Lipinski definition) is 2. The summed E-state index contributed by atoms with van der Waals surface area (Å²) in [6.45, 7) is 3.10. The lowest BCUT2D eigenvalue weighted by molar-refractivity contribution is 0.690. The molecule has 0 unspecified atom stereocenters. The monoisotopic (exact) mass is 233 g/mol. The number of fused-ring (bicyclic) bond motifs is 1. The number of para-hydroxylation sites is 1. The Morgan fingerprint density at radius 1 is 1.31 bits per heavy atom. The van der Waals surface area contributed by atoms with Crippen LogP contribution in [0.2, 0.25) is 0 Å². The zero-order chi connectivity index (χ0) is 11.5. The Kier molecular flexibility index (Phi) is 3.34. The average Bonchev–Trinajstić information content (AvgIpc) is 2.33. The standard InChI is InChI=1S/C13H15NOS/c1-3-8-14-9-12(16-2)13(15)10-6-4-5-7-11(10)14/h4-7,9H,3,8H2,1-2H3. The highest BCUT2D eigenvalue weighted by molar-refractivity contribution is 7.98. The summed E-state index contributed by atoms with van der Waals surface area (Å²) in [5.41, 5.74) is 1.18. The lowest BCUT2D eigenvalue weighted by atomic mass is 10.2. The van der Waals surface area contributed by atoms with Gasteiger partial charge in [0.15, 0.2) is 0 Å². The van der Waals surface area contributed by atoms with Crippen LogP contribution in [0.5, 0.6) is 0 Å². The summed E-state index contributed by atoms with van der Waals surface area (Å²) >= 11 is 1.52. The molecule has 2 aromatic rings. The lowest BCUT2D eigenvalue weighted by Gasteiger charge is -2.11. The quantitative estimate of drug-likeness (QED) is 0.760. The van der Waals surface area contributed by atoms with Gasteiger partial charge in [-0.2, -0.15) is 0 Å². The first kappa shape index (κ1) is 11.3. The molecule has 0 atom stereocenters. The molecule has 0 saturated heterocycles. The van der Waals surface area contributed by atoms with Crippen molar-refractivity contribution in [3.8, 4) is 0 Å². The number of rotatable bonds is 3. The average molecular weight is 233 g/mol. The molecule has 0 amide bonds. The van der Waals surface area contributed by atoms with Gasteiger partial charge in [-0.1, -0.05) is 19.1 Å². The highest BCUT2D eigenvalue weighted by atomic mass is 32.2. The van der Waals surface area contributed by atoms with Gasteiger partial charge in [-0.15, -0.1) is 11.8 Å². The Morgan fingerprint density at radius 2 is 2.06 bits per heavy atom. The van der Waals surface area contributed by atoms with Crippen molar-refractivity contribution in [2.45, 2.75) is 24.8 Å². The summed E-state index contributed by atoms with van der Waals surface area (Å²) < 4.78 is 2.17. The lowest BCUT2D eigenvalue weighted by Crippen LogP contribution is -2.11. The van der Waals surface area contributed by atoms with Crippen LogP contribution < -0.4 is 5.43 Å². The summed E-state index contributed by atoms with van der Waals surface area (Å²) in [5, 5.41) is 0.822. The minimum Gasteiger partial charge on any atom is -0.346 e. The molecule has 0 aliphatic heterocycles. The highest BCUT2D eigenvalue weighted by Crippen LogP contribution is 2.17. The van der Waals surface area contributed by atoms with Gasteiger partial charge < -0.3 is 4.57 Å². The van der Waals surface area contributed by atoms with Crippen LogP contribution in [0.3, 0.4) is 0 Å². The Hall–Kier alpha value is -1.22. The molecule has 0 saturated carbocycles. The topological polar surface area (TPSA) is 22.0 Å². The molecule has 1 heterocycles. The van der Waals surface area contributed by atoms with Gasteiger partial charge in [0.05, 0.1) is 10.4 Å². The molecular formula is C13H15NOS. The minimum absolute atomic E-state index is 0.149. The second kappa shape index (κ2) is 4.74. The zero-order valence-electron chi connectivity index (χ0n) is 9.56. The fraction of sp³-hybridized carbons (Fsp3) is 0.308. The molecule has 0 fully saturated rings. The third kappa shape index (κ3) is 1.87. The molecule has 2 rings (SSSR count). The first-order valence-electron chi connectivity index (χ1n) is 5.44. The van der Waals surface area contributed by atoms with Crippen molar-refractivity contribution < 1.29 is 0 Å².